The molecule has 1 saturated heterocycles. The summed E-state index contributed by atoms with van der Waals surface area (Å²) in [6, 6.07) is 0. The molecule has 0 saturated carbocycles. The van der Waals surface area contributed by atoms with E-state index in [0.717, 1.165) is 25.6 Å². The Morgan fingerprint density at radius 2 is 2.14 bits per heavy atom. The molecule has 0 spiro atoms. The highest BCUT2D eigenvalue weighted by Crippen LogP contribution is 2.29. The van der Waals surface area contributed by atoms with Crippen LogP contribution >= 0.6 is 0 Å². The molecule has 1 aliphatic heterocycles. The van der Waals surface area contributed by atoms with Gasteiger partial charge in [-0.15, -0.1) is 0 Å². The summed E-state index contributed by atoms with van der Waals surface area (Å²) >= 11 is 0. The predicted octanol–water partition coefficient (Wildman–Crippen LogP) is 1.24. The summed E-state index contributed by atoms with van der Waals surface area (Å²) in [6.07, 6.45) is 5.57. The van der Waals surface area contributed by atoms with E-state index >= 15 is 0 Å². The van der Waals surface area contributed by atoms with Crippen LogP contribution in [-0.4, -0.2) is 48.5 Å². The van der Waals surface area contributed by atoms with Crippen LogP contribution in [0, 0.1) is 5.92 Å². The van der Waals surface area contributed by atoms with Gasteiger partial charge in [-0.2, -0.15) is 0 Å². The van der Waals surface area contributed by atoms with Crippen LogP contribution in [0.3, 0.4) is 0 Å². The van der Waals surface area contributed by atoms with Crippen LogP contribution < -0.4 is 0 Å². The van der Waals surface area contributed by atoms with Crippen molar-refractivity contribution in [2.75, 3.05) is 19.3 Å². The summed E-state index contributed by atoms with van der Waals surface area (Å²) in [6.45, 7) is 5.00. The number of rotatable bonds is 3. The quantitative estimate of drug-likeness (QED) is 0.839. The molecule has 1 aliphatic rings. The van der Waals surface area contributed by atoms with Crippen LogP contribution in [0.1, 0.15) is 38.3 Å². The highest BCUT2D eigenvalue weighted by molar-refractivity contribution is 7.90. The second-order valence-corrected chi connectivity index (χ2v) is 7.81. The molecule has 2 heterocycles. The number of carbonyl (C=O) groups excluding carboxylic acids is 1. The lowest BCUT2D eigenvalue weighted by molar-refractivity contribution is -0.135. The maximum atomic E-state index is 12.1. The zero-order chi connectivity index (χ0) is 15.6. The van der Waals surface area contributed by atoms with E-state index in [-0.39, 0.29) is 22.6 Å². The standard InChI is InChI=1S/C14H21N3O3S/c1-10(2)14(18)17-6-4-5-11(8-17)13-12(21(3,19)20)7-15-9-16-13/h7,9-11H,4-6,8H2,1-3H3/t11-/m1/s1. The molecule has 0 unspecified atom stereocenters. The van der Waals surface area contributed by atoms with Crippen molar-refractivity contribution in [2.24, 2.45) is 5.92 Å². The first kappa shape index (κ1) is 15.9. The fourth-order valence-electron chi connectivity index (χ4n) is 2.68. The van der Waals surface area contributed by atoms with Gasteiger partial charge in [0.1, 0.15) is 11.2 Å². The van der Waals surface area contributed by atoms with E-state index in [9.17, 15) is 13.2 Å². The van der Waals surface area contributed by atoms with E-state index in [4.69, 9.17) is 0 Å². The van der Waals surface area contributed by atoms with Gasteiger partial charge in [0, 0.05) is 37.4 Å². The van der Waals surface area contributed by atoms with Gasteiger partial charge in [-0.25, -0.2) is 18.4 Å². The summed E-state index contributed by atoms with van der Waals surface area (Å²) in [5.41, 5.74) is 0.536. The van der Waals surface area contributed by atoms with E-state index < -0.39 is 9.84 Å². The van der Waals surface area contributed by atoms with Crippen molar-refractivity contribution in [1.82, 2.24) is 14.9 Å². The minimum atomic E-state index is -3.37. The minimum absolute atomic E-state index is 0.0471. The van der Waals surface area contributed by atoms with Crippen molar-refractivity contribution in [1.29, 1.82) is 0 Å². The van der Waals surface area contributed by atoms with E-state index in [2.05, 4.69) is 9.97 Å². The summed E-state index contributed by atoms with van der Waals surface area (Å²) in [5, 5.41) is 0. The van der Waals surface area contributed by atoms with Gasteiger partial charge in [0.05, 0.1) is 5.69 Å². The molecule has 116 valence electrons. The molecule has 0 aromatic carbocycles. The lowest BCUT2D eigenvalue weighted by atomic mass is 9.93. The highest BCUT2D eigenvalue weighted by Gasteiger charge is 2.30. The summed E-state index contributed by atoms with van der Waals surface area (Å²) in [5.74, 6) is 0.00682. The van der Waals surface area contributed by atoms with Gasteiger partial charge < -0.3 is 4.90 Å². The normalized spacial score (nSPS) is 19.8. The second-order valence-electron chi connectivity index (χ2n) is 5.82. The molecule has 0 bridgehead atoms. The first-order valence-corrected chi connectivity index (χ1v) is 8.98. The van der Waals surface area contributed by atoms with Gasteiger partial charge in [-0.1, -0.05) is 13.8 Å². The molecule has 1 aromatic rings. The average molecular weight is 311 g/mol. The SMILES string of the molecule is CC(C)C(=O)N1CCC[C@@H](c2ncncc2S(C)(=O)=O)C1. The summed E-state index contributed by atoms with van der Waals surface area (Å²) < 4.78 is 23.7. The van der Waals surface area contributed by atoms with Gasteiger partial charge in [0.25, 0.3) is 0 Å². The molecule has 7 heteroatoms. The third-order valence-electron chi connectivity index (χ3n) is 3.72. The Labute approximate surface area is 125 Å². The lowest BCUT2D eigenvalue weighted by Gasteiger charge is -2.34. The highest BCUT2D eigenvalue weighted by atomic mass is 32.2. The van der Waals surface area contributed by atoms with E-state index in [1.807, 2.05) is 18.7 Å². The number of aromatic nitrogens is 2. The van der Waals surface area contributed by atoms with Crippen LogP contribution in [0.2, 0.25) is 0 Å². The molecule has 0 N–H and O–H groups in total. The van der Waals surface area contributed by atoms with Crippen molar-refractivity contribution in [3.05, 3.63) is 18.2 Å². The third kappa shape index (κ3) is 3.58. The molecule has 0 radical (unpaired) electrons. The van der Waals surface area contributed by atoms with Gasteiger partial charge in [-0.05, 0) is 12.8 Å². The van der Waals surface area contributed by atoms with E-state index in [0.29, 0.717) is 12.2 Å². The number of piperidine rings is 1. The third-order valence-corrected chi connectivity index (χ3v) is 4.83. The Balaban J connectivity index is 2.29. The largest absolute Gasteiger partial charge is 0.342 e. The van der Waals surface area contributed by atoms with Crippen molar-refractivity contribution in [2.45, 2.75) is 37.5 Å². The molecule has 1 aromatic heterocycles. The molecule has 2 rings (SSSR count). The molecule has 0 aliphatic carbocycles. The topological polar surface area (TPSA) is 80.2 Å². The molecular formula is C14H21N3O3S. The van der Waals surface area contributed by atoms with Gasteiger partial charge in [0.2, 0.25) is 5.91 Å². The van der Waals surface area contributed by atoms with Gasteiger partial charge in [0.15, 0.2) is 9.84 Å². The van der Waals surface area contributed by atoms with Crippen molar-refractivity contribution in [3.8, 4) is 0 Å². The molecule has 1 amide bonds. The second kappa shape index (κ2) is 6.09. The lowest BCUT2D eigenvalue weighted by Crippen LogP contribution is -2.41. The number of amides is 1. The zero-order valence-corrected chi connectivity index (χ0v) is 13.4. The molecular weight excluding hydrogens is 290 g/mol. The van der Waals surface area contributed by atoms with Gasteiger partial charge >= 0.3 is 0 Å². The molecule has 6 nitrogen and oxygen atoms in total. The Bertz CT molecular complexity index is 628. The van der Waals surface area contributed by atoms with Crippen LogP contribution in [-0.2, 0) is 14.6 Å². The number of sulfone groups is 1. The summed E-state index contributed by atoms with van der Waals surface area (Å²) in [7, 11) is -3.37. The maximum absolute atomic E-state index is 12.1. The zero-order valence-electron chi connectivity index (χ0n) is 12.6. The first-order chi connectivity index (χ1) is 9.80. The van der Waals surface area contributed by atoms with Crippen molar-refractivity contribution < 1.29 is 13.2 Å². The van der Waals surface area contributed by atoms with Crippen LogP contribution in [0.25, 0.3) is 0 Å². The number of nitrogens with zero attached hydrogens (tertiary/aromatic N) is 3. The van der Waals surface area contributed by atoms with Crippen LogP contribution in [0.4, 0.5) is 0 Å². The first-order valence-electron chi connectivity index (χ1n) is 7.09. The fourth-order valence-corrected chi connectivity index (χ4v) is 3.54. The number of likely N-dealkylation sites (tertiary alicyclic amines) is 1. The maximum Gasteiger partial charge on any atom is 0.225 e. The number of hydrogen-bond donors (Lipinski definition) is 0. The monoisotopic (exact) mass is 311 g/mol. The average Bonchev–Trinajstić information content (AvgIpc) is 2.45. The predicted molar refractivity (Wildman–Crippen MR) is 78.5 cm³/mol. The van der Waals surface area contributed by atoms with Gasteiger partial charge in [-0.3, -0.25) is 4.79 Å². The fraction of sp³-hybridized carbons (Fsp3) is 0.643. The summed E-state index contributed by atoms with van der Waals surface area (Å²) in [4.78, 5) is 22.1. The van der Waals surface area contributed by atoms with Crippen LogP contribution in [0.15, 0.2) is 17.4 Å². The molecule has 21 heavy (non-hydrogen) atoms. The Kier molecular flexibility index (Phi) is 4.61. The van der Waals surface area contributed by atoms with Crippen LogP contribution in [0.5, 0.6) is 0 Å². The Morgan fingerprint density at radius 1 is 1.43 bits per heavy atom. The number of carbonyl (C=O) groups is 1. The smallest absolute Gasteiger partial charge is 0.225 e. The Morgan fingerprint density at radius 3 is 2.76 bits per heavy atom. The number of hydrogen-bond acceptors (Lipinski definition) is 5. The van der Waals surface area contributed by atoms with Crippen molar-refractivity contribution in [3.63, 3.8) is 0 Å². The molecule has 1 atom stereocenters. The van der Waals surface area contributed by atoms with Crippen molar-refractivity contribution >= 4 is 15.7 Å². The molecule has 1 fully saturated rings. The minimum Gasteiger partial charge on any atom is -0.342 e. The Hall–Kier alpha value is -1.50. The van der Waals surface area contributed by atoms with E-state index in [1.54, 1.807) is 0 Å². The van der Waals surface area contributed by atoms with E-state index in [1.165, 1.54) is 12.5 Å².